The van der Waals surface area contributed by atoms with Crippen molar-refractivity contribution in [2.75, 3.05) is 0 Å². The first-order valence-corrected chi connectivity index (χ1v) is 7.26. The molecule has 0 bridgehead atoms. The third-order valence-corrected chi connectivity index (χ3v) is 3.57. The van der Waals surface area contributed by atoms with E-state index in [1.165, 1.54) is 0 Å². The van der Waals surface area contributed by atoms with E-state index in [4.69, 9.17) is 0 Å². The van der Waals surface area contributed by atoms with Crippen LogP contribution in [0.4, 0.5) is 0 Å². The number of nitrogens with one attached hydrogen (secondary N) is 1. The minimum atomic E-state index is 0.935. The molecule has 108 valence electrons. The van der Waals surface area contributed by atoms with Crippen molar-refractivity contribution in [3.05, 3.63) is 54.5 Å². The van der Waals surface area contributed by atoms with Gasteiger partial charge in [0.1, 0.15) is 5.69 Å². The lowest BCUT2D eigenvalue weighted by Gasteiger charge is -2.07. The van der Waals surface area contributed by atoms with Gasteiger partial charge >= 0.3 is 0 Å². The third kappa shape index (κ3) is 3.18. The van der Waals surface area contributed by atoms with E-state index in [1.54, 1.807) is 6.33 Å². The first-order chi connectivity index (χ1) is 10.3. The fourth-order valence-electron chi connectivity index (χ4n) is 2.43. The number of aromatic nitrogens is 5. The second-order valence-corrected chi connectivity index (χ2v) is 5.10. The maximum Gasteiger partial charge on any atom is 0.160 e. The van der Waals surface area contributed by atoms with Gasteiger partial charge in [-0.3, -0.25) is 4.98 Å². The predicted octanol–water partition coefficient (Wildman–Crippen LogP) is 3.00. The van der Waals surface area contributed by atoms with Gasteiger partial charge in [0.05, 0.1) is 6.33 Å². The Balaban J connectivity index is 1.57. The molecular formula is C16H19N5. The van der Waals surface area contributed by atoms with Gasteiger partial charge in [0.25, 0.3) is 0 Å². The number of aromatic amines is 1. The molecule has 0 aromatic carbocycles. The molecule has 0 unspecified atom stereocenters. The molecule has 0 aliphatic rings. The molecule has 1 N–H and O–H groups in total. The van der Waals surface area contributed by atoms with Crippen molar-refractivity contribution in [2.24, 2.45) is 0 Å². The molecule has 21 heavy (non-hydrogen) atoms. The summed E-state index contributed by atoms with van der Waals surface area (Å²) in [6.07, 6.45) is 10.7. The minimum absolute atomic E-state index is 0.935. The van der Waals surface area contributed by atoms with Crippen LogP contribution >= 0.6 is 0 Å². The molecule has 3 aromatic rings. The fourth-order valence-corrected chi connectivity index (χ4v) is 2.43. The molecule has 5 nitrogen and oxygen atoms in total. The lowest BCUT2D eigenvalue weighted by atomic mass is 10.2. The molecule has 0 saturated carbocycles. The third-order valence-electron chi connectivity index (χ3n) is 3.57. The Labute approximate surface area is 124 Å². The van der Waals surface area contributed by atoms with Crippen molar-refractivity contribution in [1.29, 1.82) is 0 Å². The zero-order valence-electron chi connectivity index (χ0n) is 12.2. The van der Waals surface area contributed by atoms with Crippen LogP contribution in [0.1, 0.15) is 24.2 Å². The lowest BCUT2D eigenvalue weighted by Crippen LogP contribution is -2.01. The number of unbranched alkanes of at least 4 members (excludes halogenated alkanes) is 1. The Hall–Kier alpha value is -2.43. The standard InChI is InChI=1S/C16H19N5/c1-13-15(20-12-19-13)16-18-9-11-21(16)10-5-3-7-14-6-2-4-8-17-14/h2,4,6,8-9,11-12H,3,5,7,10H2,1H3,(H,19,20). The highest BCUT2D eigenvalue weighted by atomic mass is 15.1. The molecule has 3 heterocycles. The van der Waals surface area contributed by atoms with Gasteiger partial charge in [-0.2, -0.15) is 0 Å². The molecular weight excluding hydrogens is 262 g/mol. The van der Waals surface area contributed by atoms with Gasteiger partial charge in [0.2, 0.25) is 0 Å². The van der Waals surface area contributed by atoms with Crippen molar-refractivity contribution >= 4 is 0 Å². The molecule has 3 rings (SSSR count). The Morgan fingerprint density at radius 3 is 2.81 bits per heavy atom. The Kier molecular flexibility index (Phi) is 4.09. The molecule has 0 amide bonds. The van der Waals surface area contributed by atoms with Gasteiger partial charge in [-0.05, 0) is 38.3 Å². The fraction of sp³-hybridized carbons (Fsp3) is 0.312. The molecule has 0 aliphatic carbocycles. The van der Waals surface area contributed by atoms with Crippen LogP contribution in [0.25, 0.3) is 11.5 Å². The first-order valence-electron chi connectivity index (χ1n) is 7.26. The zero-order chi connectivity index (χ0) is 14.5. The molecule has 0 atom stereocenters. The summed E-state index contributed by atoms with van der Waals surface area (Å²) < 4.78 is 2.17. The average Bonchev–Trinajstić information content (AvgIpc) is 3.13. The van der Waals surface area contributed by atoms with Gasteiger partial charge in [0, 0.05) is 36.5 Å². The van der Waals surface area contributed by atoms with E-state index in [0.29, 0.717) is 0 Å². The summed E-state index contributed by atoms with van der Waals surface area (Å²) in [4.78, 5) is 16.2. The SMILES string of the molecule is Cc1[nH]cnc1-c1nccn1CCCCc1ccccn1. The molecule has 3 aromatic heterocycles. The van der Waals surface area contributed by atoms with Crippen LogP contribution in [-0.2, 0) is 13.0 Å². The van der Waals surface area contributed by atoms with E-state index in [9.17, 15) is 0 Å². The number of hydrogen-bond donors (Lipinski definition) is 1. The van der Waals surface area contributed by atoms with Crippen molar-refractivity contribution in [3.63, 3.8) is 0 Å². The van der Waals surface area contributed by atoms with Gasteiger partial charge in [-0.15, -0.1) is 0 Å². The number of imidazole rings is 2. The van der Waals surface area contributed by atoms with Gasteiger partial charge in [-0.25, -0.2) is 9.97 Å². The highest BCUT2D eigenvalue weighted by Crippen LogP contribution is 2.18. The molecule has 0 spiro atoms. The monoisotopic (exact) mass is 281 g/mol. The van der Waals surface area contributed by atoms with Crippen LogP contribution in [0.5, 0.6) is 0 Å². The average molecular weight is 281 g/mol. The molecule has 0 aliphatic heterocycles. The normalized spacial score (nSPS) is 10.9. The Morgan fingerprint density at radius 2 is 2.05 bits per heavy atom. The van der Waals surface area contributed by atoms with E-state index in [0.717, 1.165) is 48.7 Å². The lowest BCUT2D eigenvalue weighted by molar-refractivity contribution is 0.609. The summed E-state index contributed by atoms with van der Waals surface area (Å²) in [6, 6.07) is 6.07. The van der Waals surface area contributed by atoms with E-state index < -0.39 is 0 Å². The Bertz CT molecular complexity index is 684. The van der Waals surface area contributed by atoms with E-state index in [-0.39, 0.29) is 0 Å². The highest BCUT2D eigenvalue weighted by Gasteiger charge is 2.10. The van der Waals surface area contributed by atoms with Crippen molar-refractivity contribution < 1.29 is 0 Å². The molecule has 0 radical (unpaired) electrons. The second kappa shape index (κ2) is 6.35. The van der Waals surface area contributed by atoms with Crippen molar-refractivity contribution in [2.45, 2.75) is 32.7 Å². The van der Waals surface area contributed by atoms with Crippen LogP contribution in [0.15, 0.2) is 43.1 Å². The van der Waals surface area contributed by atoms with E-state index in [1.807, 2.05) is 37.6 Å². The number of aryl methyl sites for hydroxylation is 3. The van der Waals surface area contributed by atoms with Crippen LogP contribution < -0.4 is 0 Å². The smallest absolute Gasteiger partial charge is 0.160 e. The number of hydrogen-bond acceptors (Lipinski definition) is 3. The molecule has 5 heteroatoms. The summed E-state index contributed by atoms with van der Waals surface area (Å²) in [5, 5.41) is 0. The Morgan fingerprint density at radius 1 is 1.10 bits per heavy atom. The summed E-state index contributed by atoms with van der Waals surface area (Å²) in [5.74, 6) is 0.937. The predicted molar refractivity (Wildman–Crippen MR) is 81.7 cm³/mol. The quantitative estimate of drug-likeness (QED) is 0.707. The molecule has 0 fully saturated rings. The number of rotatable bonds is 6. The second-order valence-electron chi connectivity index (χ2n) is 5.10. The van der Waals surface area contributed by atoms with Gasteiger partial charge < -0.3 is 9.55 Å². The van der Waals surface area contributed by atoms with Gasteiger partial charge in [-0.1, -0.05) is 6.07 Å². The molecule has 0 saturated heterocycles. The minimum Gasteiger partial charge on any atom is -0.348 e. The summed E-state index contributed by atoms with van der Waals surface area (Å²) >= 11 is 0. The van der Waals surface area contributed by atoms with Crippen LogP contribution in [-0.4, -0.2) is 24.5 Å². The van der Waals surface area contributed by atoms with E-state index in [2.05, 4.69) is 30.6 Å². The van der Waals surface area contributed by atoms with Crippen molar-refractivity contribution in [3.8, 4) is 11.5 Å². The van der Waals surface area contributed by atoms with Crippen molar-refractivity contribution in [1.82, 2.24) is 24.5 Å². The summed E-state index contributed by atoms with van der Waals surface area (Å²) in [6.45, 7) is 2.97. The number of H-pyrrole nitrogens is 1. The maximum absolute atomic E-state index is 4.42. The summed E-state index contributed by atoms with van der Waals surface area (Å²) in [7, 11) is 0. The largest absolute Gasteiger partial charge is 0.348 e. The van der Waals surface area contributed by atoms with Crippen LogP contribution in [0, 0.1) is 6.92 Å². The van der Waals surface area contributed by atoms with Crippen LogP contribution in [0.2, 0.25) is 0 Å². The highest BCUT2D eigenvalue weighted by molar-refractivity contribution is 5.52. The van der Waals surface area contributed by atoms with E-state index >= 15 is 0 Å². The first kappa shape index (κ1) is 13.5. The topological polar surface area (TPSA) is 59.4 Å². The summed E-state index contributed by atoms with van der Waals surface area (Å²) in [5.41, 5.74) is 3.15. The van der Waals surface area contributed by atoms with Gasteiger partial charge in [0.15, 0.2) is 5.82 Å². The maximum atomic E-state index is 4.42. The zero-order valence-corrected chi connectivity index (χ0v) is 12.2. The van der Waals surface area contributed by atoms with Crippen LogP contribution in [0.3, 0.4) is 0 Å². The number of nitrogens with zero attached hydrogens (tertiary/aromatic N) is 4. The number of pyridine rings is 1.